The van der Waals surface area contributed by atoms with E-state index in [2.05, 4.69) is 0 Å². The van der Waals surface area contributed by atoms with Gasteiger partial charge in [0.1, 0.15) is 11.6 Å². The molecule has 1 saturated carbocycles. The summed E-state index contributed by atoms with van der Waals surface area (Å²) < 4.78 is 26.7. The molecule has 2 rings (SSSR count). The van der Waals surface area contributed by atoms with Crippen LogP contribution in [0, 0.1) is 11.6 Å². The van der Waals surface area contributed by atoms with E-state index in [1.54, 1.807) is 0 Å². The first-order valence-electron chi connectivity index (χ1n) is 6.47. The molecule has 0 spiro atoms. The largest absolute Gasteiger partial charge is 0.326 e. The molecule has 18 heavy (non-hydrogen) atoms. The average molecular weight is 254 g/mol. The van der Waals surface area contributed by atoms with Gasteiger partial charge in [-0.1, -0.05) is 12.8 Å². The zero-order chi connectivity index (χ0) is 13.1. The van der Waals surface area contributed by atoms with Crippen molar-refractivity contribution in [3.63, 3.8) is 0 Å². The molecule has 0 heterocycles. The van der Waals surface area contributed by atoms with Gasteiger partial charge in [-0.2, -0.15) is 0 Å². The maximum Gasteiger partial charge on any atom is 0.127 e. The molecule has 0 radical (unpaired) electrons. The van der Waals surface area contributed by atoms with Crippen molar-refractivity contribution in [2.45, 2.75) is 44.3 Å². The Morgan fingerprint density at radius 3 is 2.72 bits per heavy atom. The van der Waals surface area contributed by atoms with Crippen molar-refractivity contribution >= 4 is 0 Å². The van der Waals surface area contributed by atoms with E-state index < -0.39 is 5.82 Å². The highest BCUT2D eigenvalue weighted by molar-refractivity contribution is 5.18. The highest BCUT2D eigenvalue weighted by Crippen LogP contribution is 2.23. The number of nitrogens with two attached hydrogens (primary N) is 1. The zero-order valence-corrected chi connectivity index (χ0v) is 10.7. The Bertz CT molecular complexity index is 409. The van der Waals surface area contributed by atoms with E-state index in [1.165, 1.54) is 18.6 Å². The predicted molar refractivity (Wildman–Crippen MR) is 68.1 cm³/mol. The van der Waals surface area contributed by atoms with E-state index >= 15 is 0 Å². The molecule has 2 nitrogen and oxygen atoms in total. The Morgan fingerprint density at radius 1 is 1.28 bits per heavy atom. The highest BCUT2D eigenvalue weighted by atomic mass is 19.1. The molecule has 2 N–H and O–H groups in total. The first-order valence-corrected chi connectivity index (χ1v) is 6.47. The Balaban J connectivity index is 2.05. The fourth-order valence-electron chi connectivity index (χ4n) is 2.74. The normalized spacial score (nSPS) is 24.5. The molecule has 0 bridgehead atoms. The molecule has 4 heteroatoms. The van der Waals surface area contributed by atoms with Gasteiger partial charge in [-0.05, 0) is 38.1 Å². The summed E-state index contributed by atoms with van der Waals surface area (Å²) in [6, 6.07) is 3.99. The predicted octanol–water partition coefficient (Wildman–Crippen LogP) is 2.67. The average Bonchev–Trinajstić information content (AvgIpc) is 2.34. The Morgan fingerprint density at radius 2 is 2.00 bits per heavy atom. The van der Waals surface area contributed by atoms with Gasteiger partial charge in [-0.15, -0.1) is 0 Å². The third-order valence-electron chi connectivity index (χ3n) is 3.78. The van der Waals surface area contributed by atoms with Crippen LogP contribution in [0.5, 0.6) is 0 Å². The standard InChI is InChI=1S/C14H20F2N2/c1-18(14-5-3-2-4-13(14)17)9-10-8-11(15)6-7-12(10)16/h6-8,13-14H,2-5,9,17H2,1H3. The summed E-state index contributed by atoms with van der Waals surface area (Å²) in [6.45, 7) is 0.405. The summed E-state index contributed by atoms with van der Waals surface area (Å²) >= 11 is 0. The smallest absolute Gasteiger partial charge is 0.127 e. The van der Waals surface area contributed by atoms with Crippen LogP contribution in [0.15, 0.2) is 18.2 Å². The fraction of sp³-hybridized carbons (Fsp3) is 0.571. The lowest BCUT2D eigenvalue weighted by atomic mass is 9.90. The van der Waals surface area contributed by atoms with Crippen molar-refractivity contribution in [3.05, 3.63) is 35.4 Å². The van der Waals surface area contributed by atoms with Gasteiger partial charge < -0.3 is 5.73 Å². The van der Waals surface area contributed by atoms with E-state index in [9.17, 15) is 8.78 Å². The van der Waals surface area contributed by atoms with E-state index in [0.717, 1.165) is 25.3 Å². The van der Waals surface area contributed by atoms with E-state index in [4.69, 9.17) is 5.73 Å². The molecular formula is C14H20F2N2. The summed E-state index contributed by atoms with van der Waals surface area (Å²) in [6.07, 6.45) is 4.38. The number of benzene rings is 1. The summed E-state index contributed by atoms with van der Waals surface area (Å²) in [4.78, 5) is 2.04. The molecule has 1 aromatic rings. The van der Waals surface area contributed by atoms with Gasteiger partial charge in [-0.25, -0.2) is 8.78 Å². The summed E-state index contributed by atoms with van der Waals surface area (Å²) in [7, 11) is 1.93. The number of hydrogen-bond acceptors (Lipinski definition) is 2. The fourth-order valence-corrected chi connectivity index (χ4v) is 2.74. The number of rotatable bonds is 3. The molecule has 1 aliphatic carbocycles. The molecule has 100 valence electrons. The van der Waals surface area contributed by atoms with E-state index in [1.807, 2.05) is 11.9 Å². The molecule has 0 aromatic heterocycles. The molecule has 2 unspecified atom stereocenters. The van der Waals surface area contributed by atoms with Crippen LogP contribution >= 0.6 is 0 Å². The SMILES string of the molecule is CN(Cc1cc(F)ccc1F)C1CCCCC1N. The number of likely N-dealkylation sites (N-methyl/N-ethyl adjacent to an activating group) is 1. The summed E-state index contributed by atoms with van der Waals surface area (Å²) in [5.41, 5.74) is 6.49. The molecule has 0 amide bonds. The molecule has 0 saturated heterocycles. The van der Waals surface area contributed by atoms with Crippen LogP contribution in [-0.4, -0.2) is 24.0 Å². The van der Waals surface area contributed by atoms with Gasteiger partial charge in [0.2, 0.25) is 0 Å². The second kappa shape index (κ2) is 5.76. The number of halogens is 2. The lowest BCUT2D eigenvalue weighted by molar-refractivity contribution is 0.160. The molecular weight excluding hydrogens is 234 g/mol. The lowest BCUT2D eigenvalue weighted by Gasteiger charge is -2.36. The Hall–Kier alpha value is -1.00. The monoisotopic (exact) mass is 254 g/mol. The third-order valence-corrected chi connectivity index (χ3v) is 3.78. The minimum absolute atomic E-state index is 0.139. The maximum absolute atomic E-state index is 13.6. The summed E-state index contributed by atoms with van der Waals surface area (Å²) in [5, 5.41) is 0. The quantitative estimate of drug-likeness (QED) is 0.898. The van der Waals surface area contributed by atoms with E-state index in [0.29, 0.717) is 12.1 Å². The maximum atomic E-state index is 13.6. The number of nitrogens with zero attached hydrogens (tertiary/aromatic N) is 1. The zero-order valence-electron chi connectivity index (χ0n) is 10.7. The second-order valence-electron chi connectivity index (χ2n) is 5.17. The molecule has 1 aromatic carbocycles. The first-order chi connectivity index (χ1) is 8.58. The van der Waals surface area contributed by atoms with Crippen LogP contribution in [0.2, 0.25) is 0 Å². The minimum atomic E-state index is -0.396. The van der Waals surface area contributed by atoms with Gasteiger partial charge in [0, 0.05) is 24.2 Å². The van der Waals surface area contributed by atoms with Gasteiger partial charge in [0.05, 0.1) is 0 Å². The number of hydrogen-bond donors (Lipinski definition) is 1. The van der Waals surface area contributed by atoms with Crippen molar-refractivity contribution in [1.82, 2.24) is 4.90 Å². The highest BCUT2D eigenvalue weighted by Gasteiger charge is 2.25. The summed E-state index contributed by atoms with van der Waals surface area (Å²) in [5.74, 6) is -0.750. The van der Waals surface area contributed by atoms with Gasteiger partial charge in [0.15, 0.2) is 0 Å². The van der Waals surface area contributed by atoms with Crippen molar-refractivity contribution < 1.29 is 8.78 Å². The van der Waals surface area contributed by atoms with Crippen LogP contribution < -0.4 is 5.73 Å². The Kier molecular flexibility index (Phi) is 4.30. The van der Waals surface area contributed by atoms with Crippen LogP contribution in [0.4, 0.5) is 8.78 Å². The van der Waals surface area contributed by atoms with Crippen molar-refractivity contribution in [2.24, 2.45) is 5.73 Å². The van der Waals surface area contributed by atoms with Crippen LogP contribution in [-0.2, 0) is 6.54 Å². The van der Waals surface area contributed by atoms with Gasteiger partial charge in [-0.3, -0.25) is 4.90 Å². The molecule has 1 fully saturated rings. The first kappa shape index (κ1) is 13.4. The Labute approximate surface area is 107 Å². The molecule has 2 atom stereocenters. The third kappa shape index (κ3) is 3.06. The van der Waals surface area contributed by atoms with E-state index in [-0.39, 0.29) is 17.9 Å². The lowest BCUT2D eigenvalue weighted by Crippen LogP contribution is -2.47. The topological polar surface area (TPSA) is 29.3 Å². The van der Waals surface area contributed by atoms with Crippen molar-refractivity contribution in [3.8, 4) is 0 Å². The van der Waals surface area contributed by atoms with Crippen LogP contribution in [0.1, 0.15) is 31.2 Å². The van der Waals surface area contributed by atoms with Crippen molar-refractivity contribution in [1.29, 1.82) is 0 Å². The van der Waals surface area contributed by atoms with Gasteiger partial charge >= 0.3 is 0 Å². The van der Waals surface area contributed by atoms with Crippen molar-refractivity contribution in [2.75, 3.05) is 7.05 Å². The molecule has 0 aliphatic heterocycles. The van der Waals surface area contributed by atoms with Gasteiger partial charge in [0.25, 0.3) is 0 Å². The van der Waals surface area contributed by atoms with Crippen LogP contribution in [0.3, 0.4) is 0 Å². The second-order valence-corrected chi connectivity index (χ2v) is 5.17. The van der Waals surface area contributed by atoms with Crippen LogP contribution in [0.25, 0.3) is 0 Å². The minimum Gasteiger partial charge on any atom is -0.326 e. The molecule has 1 aliphatic rings.